The van der Waals surface area contributed by atoms with Gasteiger partial charge in [0.1, 0.15) is 5.82 Å². The fourth-order valence-corrected chi connectivity index (χ4v) is 2.71. The van der Waals surface area contributed by atoms with Gasteiger partial charge in [0.05, 0.1) is 16.6 Å². The van der Waals surface area contributed by atoms with Gasteiger partial charge in [0.2, 0.25) is 0 Å². The summed E-state index contributed by atoms with van der Waals surface area (Å²) in [4.78, 5) is 4.63. The number of aliphatic hydroxyl groups is 1. The first-order valence-corrected chi connectivity index (χ1v) is 6.68. The maximum absolute atomic E-state index is 10.5. The molecular weight excluding hydrogens is 224 g/mol. The molecule has 1 aromatic carbocycles. The summed E-state index contributed by atoms with van der Waals surface area (Å²) in [5.74, 6) is 1.71. The van der Waals surface area contributed by atoms with Gasteiger partial charge in [-0.25, -0.2) is 4.98 Å². The Kier molecular flexibility index (Phi) is 2.67. The predicted molar refractivity (Wildman–Crippen MR) is 72.4 cm³/mol. The van der Waals surface area contributed by atoms with Crippen LogP contribution in [0.2, 0.25) is 0 Å². The number of aromatic nitrogens is 2. The van der Waals surface area contributed by atoms with E-state index in [1.807, 2.05) is 32.2 Å². The zero-order valence-corrected chi connectivity index (χ0v) is 11.1. The molecule has 0 radical (unpaired) electrons. The Bertz CT molecular complexity index is 567. The van der Waals surface area contributed by atoms with Crippen molar-refractivity contribution in [2.24, 2.45) is 13.0 Å². The van der Waals surface area contributed by atoms with E-state index in [4.69, 9.17) is 0 Å². The van der Waals surface area contributed by atoms with E-state index in [9.17, 15) is 5.11 Å². The van der Waals surface area contributed by atoms with E-state index in [0.717, 1.165) is 29.2 Å². The molecule has 1 heterocycles. The number of para-hydroxylation sites is 2. The highest BCUT2D eigenvalue weighted by Gasteiger charge is 2.32. The van der Waals surface area contributed by atoms with Gasteiger partial charge in [-0.05, 0) is 31.4 Å². The van der Waals surface area contributed by atoms with E-state index in [1.54, 1.807) is 0 Å². The van der Waals surface area contributed by atoms with Gasteiger partial charge in [-0.15, -0.1) is 0 Å². The molecule has 1 aliphatic rings. The van der Waals surface area contributed by atoms with Crippen LogP contribution in [0.5, 0.6) is 0 Å². The summed E-state index contributed by atoms with van der Waals surface area (Å²) >= 11 is 0. The molecule has 0 amide bonds. The van der Waals surface area contributed by atoms with E-state index in [-0.39, 0.29) is 0 Å². The van der Waals surface area contributed by atoms with Gasteiger partial charge in [-0.3, -0.25) is 0 Å². The van der Waals surface area contributed by atoms with Crippen LogP contribution in [0.4, 0.5) is 0 Å². The van der Waals surface area contributed by atoms with E-state index in [0.29, 0.717) is 6.42 Å². The zero-order chi connectivity index (χ0) is 12.8. The summed E-state index contributed by atoms with van der Waals surface area (Å²) in [7, 11) is 2.03. The minimum atomic E-state index is -0.629. The van der Waals surface area contributed by atoms with Crippen molar-refractivity contribution in [3.05, 3.63) is 30.1 Å². The molecule has 0 bridgehead atoms. The average molecular weight is 244 g/mol. The summed E-state index contributed by atoms with van der Waals surface area (Å²) in [6, 6.07) is 8.12. The average Bonchev–Trinajstić information content (AvgIpc) is 3.05. The number of benzene rings is 1. The van der Waals surface area contributed by atoms with Crippen LogP contribution in [0.15, 0.2) is 24.3 Å². The summed E-state index contributed by atoms with van der Waals surface area (Å²) in [5, 5.41) is 10.5. The fourth-order valence-electron chi connectivity index (χ4n) is 2.71. The monoisotopic (exact) mass is 244 g/mol. The van der Waals surface area contributed by atoms with Crippen molar-refractivity contribution in [1.29, 1.82) is 0 Å². The molecule has 0 saturated heterocycles. The van der Waals surface area contributed by atoms with Gasteiger partial charge in [0.15, 0.2) is 0 Å². The molecular formula is C15H20N2O. The highest BCUT2D eigenvalue weighted by Crippen LogP contribution is 2.37. The summed E-state index contributed by atoms with van der Waals surface area (Å²) in [6.45, 7) is 1.94. The van der Waals surface area contributed by atoms with Crippen LogP contribution in [0.3, 0.4) is 0 Å². The maximum Gasteiger partial charge on any atom is 0.112 e. The Morgan fingerprint density at radius 1 is 1.39 bits per heavy atom. The quantitative estimate of drug-likeness (QED) is 0.898. The first-order chi connectivity index (χ1) is 8.55. The lowest BCUT2D eigenvalue weighted by Crippen LogP contribution is -2.29. The van der Waals surface area contributed by atoms with Crippen LogP contribution < -0.4 is 0 Å². The molecule has 0 spiro atoms. The molecule has 0 aliphatic heterocycles. The van der Waals surface area contributed by atoms with Gasteiger partial charge in [0.25, 0.3) is 0 Å². The van der Waals surface area contributed by atoms with Crippen LogP contribution in [0.25, 0.3) is 11.0 Å². The number of rotatable bonds is 4. The maximum atomic E-state index is 10.5. The molecule has 3 heteroatoms. The van der Waals surface area contributed by atoms with Crippen molar-refractivity contribution in [2.45, 2.75) is 38.2 Å². The van der Waals surface area contributed by atoms with Gasteiger partial charge in [0, 0.05) is 13.5 Å². The van der Waals surface area contributed by atoms with Gasteiger partial charge < -0.3 is 9.67 Å². The Morgan fingerprint density at radius 2 is 2.11 bits per heavy atom. The number of nitrogens with zero attached hydrogens (tertiary/aromatic N) is 2. The molecule has 1 aromatic heterocycles. The van der Waals surface area contributed by atoms with Crippen LogP contribution in [0, 0.1) is 5.92 Å². The SMILES string of the molecule is Cn1c(CC(C)(O)CC2CC2)nc2ccccc21. The molecule has 1 N–H and O–H groups in total. The topological polar surface area (TPSA) is 38.0 Å². The lowest BCUT2D eigenvalue weighted by molar-refractivity contribution is 0.0430. The molecule has 1 saturated carbocycles. The number of aryl methyl sites for hydroxylation is 1. The van der Waals surface area contributed by atoms with Crippen LogP contribution >= 0.6 is 0 Å². The standard InChI is InChI=1S/C15H20N2O/c1-15(18,9-11-7-8-11)10-14-16-12-5-3-4-6-13(12)17(14)2/h3-6,11,18H,7-10H2,1-2H3. The normalized spacial score (nSPS) is 19.1. The first-order valence-electron chi connectivity index (χ1n) is 6.68. The van der Waals surface area contributed by atoms with Crippen molar-refractivity contribution in [2.75, 3.05) is 0 Å². The van der Waals surface area contributed by atoms with E-state index < -0.39 is 5.60 Å². The van der Waals surface area contributed by atoms with Crippen molar-refractivity contribution >= 4 is 11.0 Å². The van der Waals surface area contributed by atoms with Crippen LogP contribution in [-0.2, 0) is 13.5 Å². The molecule has 1 atom stereocenters. The lowest BCUT2D eigenvalue weighted by Gasteiger charge is -2.22. The third-order valence-corrected chi connectivity index (χ3v) is 3.84. The number of fused-ring (bicyclic) bond motifs is 1. The Hall–Kier alpha value is -1.35. The van der Waals surface area contributed by atoms with E-state index >= 15 is 0 Å². The molecule has 18 heavy (non-hydrogen) atoms. The molecule has 2 aromatic rings. The van der Waals surface area contributed by atoms with Crippen LogP contribution in [-0.4, -0.2) is 20.3 Å². The molecule has 1 fully saturated rings. The van der Waals surface area contributed by atoms with E-state index in [2.05, 4.69) is 15.6 Å². The number of hydrogen-bond acceptors (Lipinski definition) is 2. The minimum absolute atomic E-state index is 0.629. The highest BCUT2D eigenvalue weighted by molar-refractivity contribution is 5.75. The van der Waals surface area contributed by atoms with Crippen molar-refractivity contribution in [3.63, 3.8) is 0 Å². The minimum Gasteiger partial charge on any atom is -0.390 e. The number of hydrogen-bond donors (Lipinski definition) is 1. The number of imidazole rings is 1. The third-order valence-electron chi connectivity index (χ3n) is 3.84. The third kappa shape index (κ3) is 2.27. The van der Waals surface area contributed by atoms with E-state index in [1.165, 1.54) is 12.8 Å². The largest absolute Gasteiger partial charge is 0.390 e. The molecule has 1 aliphatic carbocycles. The Labute approximate surface area is 107 Å². The lowest BCUT2D eigenvalue weighted by atomic mass is 9.95. The second-order valence-corrected chi connectivity index (χ2v) is 5.90. The van der Waals surface area contributed by atoms with Crippen molar-refractivity contribution < 1.29 is 5.11 Å². The summed E-state index contributed by atoms with van der Waals surface area (Å²) in [5.41, 5.74) is 1.52. The molecule has 3 nitrogen and oxygen atoms in total. The van der Waals surface area contributed by atoms with Crippen molar-refractivity contribution in [1.82, 2.24) is 9.55 Å². The Morgan fingerprint density at radius 3 is 2.78 bits per heavy atom. The van der Waals surface area contributed by atoms with Crippen molar-refractivity contribution in [3.8, 4) is 0 Å². The summed E-state index contributed by atoms with van der Waals surface area (Å²) < 4.78 is 2.09. The van der Waals surface area contributed by atoms with Gasteiger partial charge >= 0.3 is 0 Å². The predicted octanol–water partition coefficient (Wildman–Crippen LogP) is 2.67. The van der Waals surface area contributed by atoms with Gasteiger partial charge in [-0.2, -0.15) is 0 Å². The van der Waals surface area contributed by atoms with Gasteiger partial charge in [-0.1, -0.05) is 25.0 Å². The molecule has 1 unspecified atom stereocenters. The summed E-state index contributed by atoms with van der Waals surface area (Å²) in [6.07, 6.45) is 4.09. The Balaban J connectivity index is 1.87. The molecule has 3 rings (SSSR count). The second kappa shape index (κ2) is 4.09. The second-order valence-electron chi connectivity index (χ2n) is 5.90. The zero-order valence-electron chi connectivity index (χ0n) is 11.1. The smallest absolute Gasteiger partial charge is 0.112 e. The fraction of sp³-hybridized carbons (Fsp3) is 0.533. The first kappa shape index (κ1) is 11.7. The van der Waals surface area contributed by atoms with Crippen LogP contribution in [0.1, 0.15) is 32.0 Å². The highest BCUT2D eigenvalue weighted by atomic mass is 16.3. The molecule has 96 valence electrons.